The lowest BCUT2D eigenvalue weighted by atomic mass is 10.1. The van der Waals surface area contributed by atoms with Crippen molar-refractivity contribution in [1.82, 2.24) is 4.57 Å². The molecule has 106 valence electrons. The highest BCUT2D eigenvalue weighted by molar-refractivity contribution is 6.31. The Labute approximate surface area is 127 Å². The van der Waals surface area contributed by atoms with Gasteiger partial charge in [0.25, 0.3) is 0 Å². The summed E-state index contributed by atoms with van der Waals surface area (Å²) in [5.41, 5.74) is 4.45. The van der Waals surface area contributed by atoms with Gasteiger partial charge in [0.15, 0.2) is 0 Å². The van der Waals surface area contributed by atoms with Crippen LogP contribution in [-0.4, -0.2) is 4.57 Å². The van der Waals surface area contributed by atoms with Gasteiger partial charge in [-0.25, -0.2) is 9.36 Å². The molecule has 3 rings (SSSR count). The summed E-state index contributed by atoms with van der Waals surface area (Å²) in [7, 11) is 0. The number of aromatic nitrogens is 1. The topological polar surface area (TPSA) is 35.1 Å². The van der Waals surface area contributed by atoms with E-state index in [9.17, 15) is 4.79 Å². The first-order valence-electron chi connectivity index (χ1n) is 6.60. The second kappa shape index (κ2) is 5.26. The summed E-state index contributed by atoms with van der Waals surface area (Å²) in [4.78, 5) is 12.0. The summed E-state index contributed by atoms with van der Waals surface area (Å²) in [6.45, 7) is 3.94. The third-order valence-corrected chi connectivity index (χ3v) is 3.86. The van der Waals surface area contributed by atoms with Gasteiger partial charge in [-0.15, -0.1) is 0 Å². The van der Waals surface area contributed by atoms with Crippen molar-refractivity contribution in [3.63, 3.8) is 0 Å². The quantitative estimate of drug-likeness (QED) is 0.704. The fourth-order valence-corrected chi connectivity index (χ4v) is 2.37. The van der Waals surface area contributed by atoms with E-state index in [2.05, 4.69) is 0 Å². The van der Waals surface area contributed by atoms with Crippen LogP contribution in [0.2, 0.25) is 5.02 Å². The number of nitrogens with zero attached hydrogens (tertiary/aromatic N) is 1. The molecule has 0 aliphatic rings. The molecular formula is C17H14ClNO2. The minimum absolute atomic E-state index is 0.425. The number of hydrogen-bond donors (Lipinski definition) is 0. The summed E-state index contributed by atoms with van der Waals surface area (Å²) >= 11 is 6.16. The van der Waals surface area contributed by atoms with Crippen molar-refractivity contribution in [2.45, 2.75) is 13.8 Å². The molecule has 0 bridgehead atoms. The molecule has 0 radical (unpaired) electrons. The zero-order chi connectivity index (χ0) is 15.0. The van der Waals surface area contributed by atoms with E-state index in [-0.39, 0.29) is 0 Å². The van der Waals surface area contributed by atoms with E-state index in [1.165, 1.54) is 10.8 Å². The molecule has 0 saturated carbocycles. The summed E-state index contributed by atoms with van der Waals surface area (Å²) < 4.78 is 6.59. The van der Waals surface area contributed by atoms with Crippen LogP contribution in [0.5, 0.6) is 0 Å². The second-order valence-corrected chi connectivity index (χ2v) is 5.43. The van der Waals surface area contributed by atoms with Gasteiger partial charge in [0.1, 0.15) is 6.26 Å². The van der Waals surface area contributed by atoms with Crippen LogP contribution in [0.15, 0.2) is 57.9 Å². The Bertz CT molecular complexity index is 844. The third-order valence-electron chi connectivity index (χ3n) is 3.46. The first-order chi connectivity index (χ1) is 10.1. The number of rotatable bonds is 2. The summed E-state index contributed by atoms with van der Waals surface area (Å²) in [6, 6.07) is 13.4. The summed E-state index contributed by atoms with van der Waals surface area (Å²) in [6.07, 6.45) is 1.47. The zero-order valence-electron chi connectivity index (χ0n) is 11.8. The fourth-order valence-electron chi connectivity index (χ4n) is 2.20. The molecule has 0 N–H and O–H groups in total. The summed E-state index contributed by atoms with van der Waals surface area (Å²) in [5, 5.41) is 0.621. The van der Waals surface area contributed by atoms with E-state index >= 15 is 0 Å². The molecule has 0 atom stereocenters. The lowest BCUT2D eigenvalue weighted by Crippen LogP contribution is -2.13. The van der Waals surface area contributed by atoms with Crippen molar-refractivity contribution >= 4 is 11.6 Å². The predicted octanol–water partition coefficient (Wildman–Crippen LogP) is 4.37. The SMILES string of the molecule is Cc1ccc(-c2coc(=O)n2-c2ccc(C)c(Cl)c2)cc1. The van der Waals surface area contributed by atoms with Crippen molar-refractivity contribution < 1.29 is 4.42 Å². The molecule has 21 heavy (non-hydrogen) atoms. The molecular weight excluding hydrogens is 286 g/mol. The maximum Gasteiger partial charge on any atom is 0.424 e. The lowest BCUT2D eigenvalue weighted by Gasteiger charge is -2.08. The molecule has 0 fully saturated rings. The Morgan fingerprint density at radius 1 is 1.05 bits per heavy atom. The highest BCUT2D eigenvalue weighted by atomic mass is 35.5. The average Bonchev–Trinajstić information content (AvgIpc) is 2.85. The van der Waals surface area contributed by atoms with E-state index in [1.807, 2.05) is 50.2 Å². The monoisotopic (exact) mass is 299 g/mol. The summed E-state index contributed by atoms with van der Waals surface area (Å²) in [5.74, 6) is -0.425. The third kappa shape index (κ3) is 2.52. The highest BCUT2D eigenvalue weighted by Crippen LogP contribution is 2.25. The van der Waals surface area contributed by atoms with Gasteiger partial charge in [0.2, 0.25) is 0 Å². The van der Waals surface area contributed by atoms with Crippen LogP contribution in [0.25, 0.3) is 16.9 Å². The van der Waals surface area contributed by atoms with E-state index < -0.39 is 5.76 Å². The van der Waals surface area contributed by atoms with Crippen LogP contribution in [0.3, 0.4) is 0 Å². The molecule has 1 heterocycles. The Hall–Kier alpha value is -2.26. The molecule has 0 saturated heterocycles. The molecule has 3 nitrogen and oxygen atoms in total. The van der Waals surface area contributed by atoms with Gasteiger partial charge in [-0.3, -0.25) is 0 Å². The number of aryl methyl sites for hydroxylation is 2. The van der Waals surface area contributed by atoms with Crippen molar-refractivity contribution in [2.75, 3.05) is 0 Å². The Morgan fingerprint density at radius 3 is 2.43 bits per heavy atom. The molecule has 2 aromatic carbocycles. The van der Waals surface area contributed by atoms with Gasteiger partial charge >= 0.3 is 5.76 Å². The van der Waals surface area contributed by atoms with Gasteiger partial charge in [-0.2, -0.15) is 0 Å². The van der Waals surface area contributed by atoms with E-state index in [0.29, 0.717) is 16.4 Å². The first kappa shape index (κ1) is 13.7. The van der Waals surface area contributed by atoms with Crippen LogP contribution >= 0.6 is 11.6 Å². The molecule has 1 aromatic heterocycles. The van der Waals surface area contributed by atoms with Gasteiger partial charge in [-0.05, 0) is 31.5 Å². The largest absolute Gasteiger partial charge is 0.424 e. The van der Waals surface area contributed by atoms with Crippen LogP contribution in [0.1, 0.15) is 11.1 Å². The average molecular weight is 300 g/mol. The lowest BCUT2D eigenvalue weighted by molar-refractivity contribution is 0.504. The number of benzene rings is 2. The molecule has 3 aromatic rings. The van der Waals surface area contributed by atoms with E-state index in [0.717, 1.165) is 16.7 Å². The van der Waals surface area contributed by atoms with E-state index in [4.69, 9.17) is 16.0 Å². The van der Waals surface area contributed by atoms with Crippen molar-refractivity contribution in [3.05, 3.63) is 75.4 Å². The number of oxazole rings is 1. The maximum absolute atomic E-state index is 12.0. The minimum atomic E-state index is -0.425. The maximum atomic E-state index is 12.0. The Kier molecular flexibility index (Phi) is 3.43. The van der Waals surface area contributed by atoms with Crippen molar-refractivity contribution in [1.29, 1.82) is 0 Å². The standard InChI is InChI=1S/C17H14ClNO2/c1-11-3-6-13(7-4-11)16-10-21-17(20)19(16)14-8-5-12(2)15(18)9-14/h3-10H,1-2H3. The predicted molar refractivity (Wildman–Crippen MR) is 84.2 cm³/mol. The van der Waals surface area contributed by atoms with Crippen LogP contribution in [0.4, 0.5) is 0 Å². The smallest absolute Gasteiger partial charge is 0.415 e. The normalized spacial score (nSPS) is 10.8. The molecule has 0 amide bonds. The highest BCUT2D eigenvalue weighted by Gasteiger charge is 2.13. The second-order valence-electron chi connectivity index (χ2n) is 5.02. The minimum Gasteiger partial charge on any atom is -0.415 e. The molecule has 0 aliphatic carbocycles. The van der Waals surface area contributed by atoms with Crippen LogP contribution < -0.4 is 5.76 Å². The van der Waals surface area contributed by atoms with Gasteiger partial charge < -0.3 is 4.42 Å². The number of hydrogen-bond acceptors (Lipinski definition) is 2. The molecule has 0 aliphatic heterocycles. The molecule has 0 spiro atoms. The Balaban J connectivity index is 2.19. The van der Waals surface area contributed by atoms with Crippen LogP contribution in [-0.2, 0) is 0 Å². The van der Waals surface area contributed by atoms with Gasteiger partial charge in [-0.1, -0.05) is 47.5 Å². The van der Waals surface area contributed by atoms with Gasteiger partial charge in [0.05, 0.1) is 11.4 Å². The molecule has 0 unspecified atom stereocenters. The Morgan fingerprint density at radius 2 is 1.76 bits per heavy atom. The number of halogens is 1. The molecule has 4 heteroatoms. The van der Waals surface area contributed by atoms with Crippen molar-refractivity contribution in [2.24, 2.45) is 0 Å². The zero-order valence-corrected chi connectivity index (χ0v) is 12.5. The fraction of sp³-hybridized carbons (Fsp3) is 0.118. The van der Waals surface area contributed by atoms with Crippen molar-refractivity contribution in [3.8, 4) is 16.9 Å². The first-order valence-corrected chi connectivity index (χ1v) is 6.98. The van der Waals surface area contributed by atoms with E-state index in [1.54, 1.807) is 6.07 Å². The van der Waals surface area contributed by atoms with Gasteiger partial charge in [0, 0.05) is 10.6 Å². The van der Waals surface area contributed by atoms with Crippen LogP contribution in [0, 0.1) is 13.8 Å².